The van der Waals surface area contributed by atoms with Gasteiger partial charge in [-0.15, -0.1) is 0 Å². The van der Waals surface area contributed by atoms with Gasteiger partial charge in [0.05, 0.1) is 23.3 Å². The van der Waals surface area contributed by atoms with Crippen LogP contribution >= 0.6 is 11.6 Å². The molecule has 0 saturated carbocycles. The Kier molecular flexibility index (Phi) is 4.41. The molecule has 1 atom stereocenters. The van der Waals surface area contributed by atoms with E-state index in [0.29, 0.717) is 13.2 Å². The summed E-state index contributed by atoms with van der Waals surface area (Å²) in [5.41, 5.74) is 2.26. The molecule has 0 saturated heterocycles. The van der Waals surface area contributed by atoms with E-state index in [-0.39, 0.29) is 16.7 Å². The van der Waals surface area contributed by atoms with Crippen molar-refractivity contribution in [1.29, 1.82) is 0 Å². The van der Waals surface area contributed by atoms with E-state index in [1.54, 1.807) is 0 Å². The van der Waals surface area contributed by atoms with Gasteiger partial charge in [0.25, 0.3) is 5.91 Å². The first-order valence-corrected chi connectivity index (χ1v) is 7.43. The molecular weight excluding hydrogens is 305 g/mol. The van der Waals surface area contributed by atoms with Crippen LogP contribution in [-0.4, -0.2) is 18.6 Å². The maximum atomic E-state index is 13.7. The van der Waals surface area contributed by atoms with Crippen molar-refractivity contribution in [3.05, 3.63) is 70.0 Å². The summed E-state index contributed by atoms with van der Waals surface area (Å²) in [7, 11) is 0. The molecule has 0 fully saturated rings. The first kappa shape index (κ1) is 15.0. The molecular formula is C17H15ClFNO2. The quantitative estimate of drug-likeness (QED) is 0.942. The molecule has 1 aliphatic rings. The van der Waals surface area contributed by atoms with E-state index < -0.39 is 11.7 Å². The number of halogens is 2. The molecule has 0 aromatic heterocycles. The predicted octanol–water partition coefficient (Wildman–Crippen LogP) is 3.35. The highest BCUT2D eigenvalue weighted by atomic mass is 35.5. The number of fused-ring (bicyclic) bond motifs is 1. The number of hydrogen-bond acceptors (Lipinski definition) is 2. The summed E-state index contributed by atoms with van der Waals surface area (Å²) in [5, 5.41) is 2.80. The van der Waals surface area contributed by atoms with Crippen molar-refractivity contribution in [3.8, 4) is 0 Å². The lowest BCUT2D eigenvalue weighted by atomic mass is 9.99. The van der Waals surface area contributed by atoms with Crippen molar-refractivity contribution in [2.24, 2.45) is 0 Å². The zero-order valence-corrected chi connectivity index (χ0v) is 12.6. The maximum Gasteiger partial charge on any atom is 0.255 e. The number of carbonyl (C=O) groups is 1. The van der Waals surface area contributed by atoms with Crippen LogP contribution < -0.4 is 5.32 Å². The van der Waals surface area contributed by atoms with Gasteiger partial charge in [-0.3, -0.25) is 4.79 Å². The summed E-state index contributed by atoms with van der Waals surface area (Å²) in [6.07, 6.45) is 0.603. The van der Waals surface area contributed by atoms with Gasteiger partial charge in [0, 0.05) is 13.0 Å². The Morgan fingerprint density at radius 1 is 1.23 bits per heavy atom. The Bertz CT molecular complexity index is 685. The van der Waals surface area contributed by atoms with Crippen LogP contribution in [0.1, 0.15) is 21.5 Å². The Labute approximate surface area is 133 Å². The summed E-state index contributed by atoms with van der Waals surface area (Å²) in [5.74, 6) is -1.15. The van der Waals surface area contributed by atoms with Gasteiger partial charge in [-0.2, -0.15) is 0 Å². The van der Waals surface area contributed by atoms with Gasteiger partial charge in [0.15, 0.2) is 0 Å². The van der Waals surface area contributed by atoms with Crippen molar-refractivity contribution >= 4 is 17.5 Å². The third-order valence-corrected chi connectivity index (χ3v) is 4.04. The monoisotopic (exact) mass is 319 g/mol. The van der Waals surface area contributed by atoms with Crippen LogP contribution in [0.5, 0.6) is 0 Å². The average Bonchev–Trinajstić information content (AvgIpc) is 2.52. The Morgan fingerprint density at radius 2 is 2.00 bits per heavy atom. The molecule has 5 heteroatoms. The standard InChI is InChI=1S/C17H15ClFNO2/c18-14-6-3-7-15(19)16(14)17(21)20-9-13-8-11-4-1-2-5-12(11)10-22-13/h1-7,13H,8-10H2,(H,20,21). The number of rotatable bonds is 3. The minimum Gasteiger partial charge on any atom is -0.371 e. The van der Waals surface area contributed by atoms with Crippen LogP contribution in [0.2, 0.25) is 5.02 Å². The fourth-order valence-electron chi connectivity index (χ4n) is 2.55. The van der Waals surface area contributed by atoms with Crippen LogP contribution in [0, 0.1) is 5.82 Å². The van der Waals surface area contributed by atoms with Gasteiger partial charge in [-0.25, -0.2) is 4.39 Å². The Balaban J connectivity index is 1.63. The number of benzene rings is 2. The van der Waals surface area contributed by atoms with Crippen LogP contribution in [0.4, 0.5) is 4.39 Å². The molecule has 2 aromatic carbocycles. The van der Waals surface area contributed by atoms with E-state index in [9.17, 15) is 9.18 Å². The molecule has 1 amide bonds. The first-order chi connectivity index (χ1) is 10.6. The topological polar surface area (TPSA) is 38.3 Å². The molecule has 1 heterocycles. The second-order valence-corrected chi connectivity index (χ2v) is 5.62. The van der Waals surface area contributed by atoms with Crippen LogP contribution in [-0.2, 0) is 17.8 Å². The largest absolute Gasteiger partial charge is 0.371 e. The number of hydrogen-bond donors (Lipinski definition) is 1. The third kappa shape index (κ3) is 3.13. The number of carbonyl (C=O) groups excluding carboxylic acids is 1. The van der Waals surface area contributed by atoms with Gasteiger partial charge in [0.1, 0.15) is 5.82 Å². The average molecular weight is 320 g/mol. The number of ether oxygens (including phenoxy) is 1. The van der Waals surface area contributed by atoms with Crippen molar-refractivity contribution in [2.75, 3.05) is 6.54 Å². The molecule has 2 aromatic rings. The minimum absolute atomic E-state index is 0.104. The van der Waals surface area contributed by atoms with Gasteiger partial charge >= 0.3 is 0 Å². The number of amides is 1. The van der Waals surface area contributed by atoms with Crippen LogP contribution in [0.15, 0.2) is 42.5 Å². The van der Waals surface area contributed by atoms with Crippen molar-refractivity contribution in [1.82, 2.24) is 5.32 Å². The van der Waals surface area contributed by atoms with E-state index >= 15 is 0 Å². The lowest BCUT2D eigenvalue weighted by Gasteiger charge is -2.25. The fourth-order valence-corrected chi connectivity index (χ4v) is 2.80. The van der Waals surface area contributed by atoms with E-state index in [0.717, 1.165) is 6.42 Å². The lowest BCUT2D eigenvalue weighted by molar-refractivity contribution is 0.0284. The van der Waals surface area contributed by atoms with Gasteiger partial charge in [-0.05, 0) is 23.3 Å². The molecule has 3 rings (SSSR count). The van der Waals surface area contributed by atoms with Crippen LogP contribution in [0.3, 0.4) is 0 Å². The van der Waals surface area contributed by atoms with Gasteiger partial charge in [-0.1, -0.05) is 41.9 Å². The Morgan fingerprint density at radius 3 is 2.77 bits per heavy atom. The first-order valence-electron chi connectivity index (χ1n) is 7.05. The number of nitrogens with one attached hydrogen (secondary N) is 1. The summed E-state index contributed by atoms with van der Waals surface area (Å²) in [4.78, 5) is 12.1. The highest BCUT2D eigenvalue weighted by Gasteiger charge is 2.21. The summed E-state index contributed by atoms with van der Waals surface area (Å²) >= 11 is 5.88. The fraction of sp³-hybridized carbons (Fsp3) is 0.235. The second-order valence-electron chi connectivity index (χ2n) is 5.21. The van der Waals surface area contributed by atoms with E-state index in [4.69, 9.17) is 16.3 Å². The second kappa shape index (κ2) is 6.46. The Hall–Kier alpha value is -1.91. The summed E-state index contributed by atoms with van der Waals surface area (Å²) in [6.45, 7) is 0.842. The summed E-state index contributed by atoms with van der Waals surface area (Å²) in [6, 6.07) is 12.2. The molecule has 0 aliphatic carbocycles. The van der Waals surface area contributed by atoms with Crippen LogP contribution in [0.25, 0.3) is 0 Å². The molecule has 22 heavy (non-hydrogen) atoms. The highest BCUT2D eigenvalue weighted by Crippen LogP contribution is 2.21. The lowest BCUT2D eigenvalue weighted by Crippen LogP contribution is -2.37. The molecule has 1 N–H and O–H groups in total. The minimum atomic E-state index is -0.625. The molecule has 0 radical (unpaired) electrons. The van der Waals surface area contributed by atoms with E-state index in [1.165, 1.54) is 29.3 Å². The molecule has 1 unspecified atom stereocenters. The summed E-state index contributed by atoms with van der Waals surface area (Å²) < 4.78 is 19.4. The van der Waals surface area contributed by atoms with E-state index in [2.05, 4.69) is 11.4 Å². The third-order valence-electron chi connectivity index (χ3n) is 3.72. The zero-order chi connectivity index (χ0) is 15.5. The normalized spacial score (nSPS) is 16.9. The SMILES string of the molecule is O=C(NCC1Cc2ccccc2CO1)c1c(F)cccc1Cl. The zero-order valence-electron chi connectivity index (χ0n) is 11.8. The van der Waals surface area contributed by atoms with Gasteiger partial charge in [0.2, 0.25) is 0 Å². The molecule has 1 aliphatic heterocycles. The van der Waals surface area contributed by atoms with E-state index in [1.807, 2.05) is 18.2 Å². The molecule has 0 bridgehead atoms. The highest BCUT2D eigenvalue weighted by molar-refractivity contribution is 6.33. The molecule has 114 valence electrons. The van der Waals surface area contributed by atoms with Crippen molar-refractivity contribution in [3.63, 3.8) is 0 Å². The molecule has 3 nitrogen and oxygen atoms in total. The van der Waals surface area contributed by atoms with Crippen molar-refractivity contribution in [2.45, 2.75) is 19.1 Å². The van der Waals surface area contributed by atoms with Gasteiger partial charge < -0.3 is 10.1 Å². The predicted molar refractivity (Wildman–Crippen MR) is 82.5 cm³/mol. The molecule has 0 spiro atoms. The van der Waals surface area contributed by atoms with Crippen molar-refractivity contribution < 1.29 is 13.9 Å². The smallest absolute Gasteiger partial charge is 0.255 e. The maximum absolute atomic E-state index is 13.7.